The van der Waals surface area contributed by atoms with E-state index in [1.54, 1.807) is 12.1 Å². The smallest absolute Gasteiger partial charge is 0.251 e. The van der Waals surface area contributed by atoms with Crippen LogP contribution in [0.3, 0.4) is 0 Å². The first-order chi connectivity index (χ1) is 18.9. The molecule has 0 saturated carbocycles. The highest BCUT2D eigenvalue weighted by Crippen LogP contribution is 2.26. The Morgan fingerprint density at radius 3 is 2.40 bits per heavy atom. The molecule has 212 valence electrons. The highest BCUT2D eigenvalue weighted by Gasteiger charge is 2.21. The first-order valence-electron chi connectivity index (χ1n) is 13.3. The molecule has 0 fully saturated rings. The fourth-order valence-electron chi connectivity index (χ4n) is 4.38. The normalized spacial score (nSPS) is 12.1. The summed E-state index contributed by atoms with van der Waals surface area (Å²) in [4.78, 5) is 30.1. The standard InChI is InChI=1S/C31H39N5O4/c1-20(2)40-27-13-12-23(15-24(27)16-32)29(38)34-25(17-33-28(37)19-39-7)14-21-8-10-22(11-9-21)26-18-36(6)30(35-26)31(3,4)5/h8-13,15,18,20,25H,14,17,19H2,1-7H3,(H,33,37)(H,34,38)/t25-/m0/s1. The van der Waals surface area contributed by atoms with Crippen molar-refractivity contribution >= 4 is 11.8 Å². The maximum atomic E-state index is 13.2. The summed E-state index contributed by atoms with van der Waals surface area (Å²) in [6, 6.07) is 14.5. The highest BCUT2D eigenvalue weighted by molar-refractivity contribution is 5.95. The lowest BCUT2D eigenvalue weighted by molar-refractivity contribution is -0.124. The van der Waals surface area contributed by atoms with Crippen molar-refractivity contribution in [3.63, 3.8) is 0 Å². The van der Waals surface area contributed by atoms with E-state index in [0.717, 1.165) is 22.6 Å². The molecule has 9 heteroatoms. The molecule has 0 aliphatic heterocycles. The van der Waals surface area contributed by atoms with E-state index in [0.29, 0.717) is 17.7 Å². The van der Waals surface area contributed by atoms with E-state index >= 15 is 0 Å². The van der Waals surface area contributed by atoms with Crippen LogP contribution in [-0.4, -0.2) is 53.8 Å². The number of aryl methyl sites for hydroxylation is 1. The van der Waals surface area contributed by atoms with Crippen molar-refractivity contribution in [2.45, 2.75) is 58.6 Å². The summed E-state index contributed by atoms with van der Waals surface area (Å²) >= 11 is 0. The molecule has 0 aliphatic rings. The van der Waals surface area contributed by atoms with E-state index in [1.165, 1.54) is 13.2 Å². The second-order valence-corrected chi connectivity index (χ2v) is 11.1. The minimum Gasteiger partial charge on any atom is -0.490 e. The van der Waals surface area contributed by atoms with Gasteiger partial charge in [0, 0.05) is 43.4 Å². The molecule has 0 radical (unpaired) electrons. The quantitative estimate of drug-likeness (QED) is 0.374. The molecular formula is C31H39N5O4. The van der Waals surface area contributed by atoms with Crippen LogP contribution in [0.2, 0.25) is 0 Å². The Morgan fingerprint density at radius 2 is 1.82 bits per heavy atom. The summed E-state index contributed by atoms with van der Waals surface area (Å²) in [6.45, 7) is 10.3. The highest BCUT2D eigenvalue weighted by atomic mass is 16.5. The average molecular weight is 546 g/mol. The van der Waals surface area contributed by atoms with Crippen molar-refractivity contribution in [3.8, 4) is 23.1 Å². The molecule has 9 nitrogen and oxygen atoms in total. The molecular weight excluding hydrogens is 506 g/mol. The minimum absolute atomic E-state index is 0.0681. The number of carbonyl (C=O) groups is 2. The van der Waals surface area contributed by atoms with Crippen molar-refractivity contribution < 1.29 is 19.1 Å². The Hall–Kier alpha value is -4.16. The Kier molecular flexibility index (Phi) is 10.1. The van der Waals surface area contributed by atoms with Gasteiger partial charge in [-0.3, -0.25) is 9.59 Å². The van der Waals surface area contributed by atoms with E-state index in [-0.39, 0.29) is 42.0 Å². The van der Waals surface area contributed by atoms with Gasteiger partial charge in [0.05, 0.1) is 23.4 Å². The first kappa shape index (κ1) is 30.4. The van der Waals surface area contributed by atoms with Crippen molar-refractivity contribution in [1.29, 1.82) is 5.26 Å². The zero-order valence-corrected chi connectivity index (χ0v) is 24.4. The number of nitrogens with zero attached hydrogens (tertiary/aromatic N) is 3. The molecule has 0 unspecified atom stereocenters. The number of ether oxygens (including phenoxy) is 2. The van der Waals surface area contributed by atoms with E-state index < -0.39 is 6.04 Å². The van der Waals surface area contributed by atoms with Crippen LogP contribution in [0.1, 0.15) is 61.9 Å². The molecule has 0 bridgehead atoms. The van der Waals surface area contributed by atoms with Crippen LogP contribution in [0, 0.1) is 11.3 Å². The molecule has 1 aromatic heterocycles. The number of imidazole rings is 1. The number of benzene rings is 2. The predicted molar refractivity (Wildman–Crippen MR) is 154 cm³/mol. The molecule has 0 spiro atoms. The lowest BCUT2D eigenvalue weighted by Crippen LogP contribution is -2.45. The molecule has 1 heterocycles. The van der Waals surface area contributed by atoms with Crippen LogP contribution in [0.4, 0.5) is 0 Å². The van der Waals surface area contributed by atoms with E-state index in [9.17, 15) is 14.9 Å². The van der Waals surface area contributed by atoms with Crippen LogP contribution >= 0.6 is 0 Å². The van der Waals surface area contributed by atoms with Gasteiger partial charge in [-0.2, -0.15) is 5.26 Å². The lowest BCUT2D eigenvalue weighted by atomic mass is 9.96. The van der Waals surface area contributed by atoms with Crippen molar-refractivity contribution in [3.05, 3.63) is 71.2 Å². The molecule has 3 aromatic rings. The molecule has 1 atom stereocenters. The molecule has 2 N–H and O–H groups in total. The molecule has 2 amide bonds. The second-order valence-electron chi connectivity index (χ2n) is 11.1. The maximum Gasteiger partial charge on any atom is 0.251 e. The van der Waals surface area contributed by atoms with Crippen LogP contribution in [0.25, 0.3) is 11.3 Å². The number of rotatable bonds is 11. The summed E-state index contributed by atoms with van der Waals surface area (Å²) in [6.07, 6.45) is 2.40. The molecule has 0 aliphatic carbocycles. The Balaban J connectivity index is 1.78. The van der Waals surface area contributed by atoms with E-state index in [2.05, 4.69) is 42.0 Å². The van der Waals surface area contributed by atoms with Gasteiger partial charge in [0.25, 0.3) is 5.91 Å². The van der Waals surface area contributed by atoms with Crippen LogP contribution in [-0.2, 0) is 28.4 Å². The Labute approximate surface area is 236 Å². The topological polar surface area (TPSA) is 118 Å². The zero-order chi connectivity index (χ0) is 29.4. The number of nitriles is 1. The largest absolute Gasteiger partial charge is 0.490 e. The number of amides is 2. The van der Waals surface area contributed by atoms with Gasteiger partial charge in [0.2, 0.25) is 5.91 Å². The summed E-state index contributed by atoms with van der Waals surface area (Å²) in [5.74, 6) is 0.812. The Bertz CT molecular complexity index is 1360. The minimum atomic E-state index is -0.404. The van der Waals surface area contributed by atoms with Crippen LogP contribution in [0.5, 0.6) is 5.75 Å². The lowest BCUT2D eigenvalue weighted by Gasteiger charge is -2.20. The number of aromatic nitrogens is 2. The predicted octanol–water partition coefficient (Wildman–Crippen LogP) is 4.15. The fourth-order valence-corrected chi connectivity index (χ4v) is 4.38. The van der Waals surface area contributed by atoms with Crippen molar-refractivity contribution in [2.24, 2.45) is 7.05 Å². The maximum absolute atomic E-state index is 13.2. The monoisotopic (exact) mass is 545 g/mol. The van der Waals surface area contributed by atoms with Gasteiger partial charge in [-0.05, 0) is 44.0 Å². The number of hydrogen-bond donors (Lipinski definition) is 2. The first-order valence-corrected chi connectivity index (χ1v) is 13.3. The third kappa shape index (κ3) is 8.17. The molecule has 40 heavy (non-hydrogen) atoms. The average Bonchev–Trinajstić information content (AvgIpc) is 3.30. The van der Waals surface area contributed by atoms with E-state index in [1.807, 2.05) is 51.4 Å². The number of nitrogens with one attached hydrogen (secondary N) is 2. The summed E-state index contributed by atoms with van der Waals surface area (Å²) < 4.78 is 12.6. The molecule has 2 aromatic carbocycles. The summed E-state index contributed by atoms with van der Waals surface area (Å²) in [5, 5.41) is 15.4. The van der Waals surface area contributed by atoms with E-state index in [4.69, 9.17) is 14.5 Å². The van der Waals surface area contributed by atoms with Gasteiger partial charge < -0.3 is 24.7 Å². The van der Waals surface area contributed by atoms with Crippen molar-refractivity contribution in [2.75, 3.05) is 20.3 Å². The van der Waals surface area contributed by atoms with Gasteiger partial charge in [0.15, 0.2) is 0 Å². The van der Waals surface area contributed by atoms with Crippen molar-refractivity contribution in [1.82, 2.24) is 20.2 Å². The number of carbonyl (C=O) groups excluding carboxylic acids is 2. The third-order valence-corrected chi connectivity index (χ3v) is 6.16. The fraction of sp³-hybridized carbons (Fsp3) is 0.419. The van der Waals surface area contributed by atoms with Crippen LogP contribution in [0.15, 0.2) is 48.7 Å². The van der Waals surface area contributed by atoms with Crippen LogP contribution < -0.4 is 15.4 Å². The third-order valence-electron chi connectivity index (χ3n) is 6.16. The SMILES string of the molecule is COCC(=O)NC[C@H](Cc1ccc(-c2cn(C)c(C(C)(C)C)n2)cc1)NC(=O)c1ccc(OC(C)C)c(C#N)c1. The number of hydrogen-bond acceptors (Lipinski definition) is 6. The van der Waals surface area contributed by atoms with Gasteiger partial charge >= 0.3 is 0 Å². The molecule has 0 saturated heterocycles. The summed E-state index contributed by atoms with van der Waals surface area (Å²) in [5.41, 5.74) is 3.43. The Morgan fingerprint density at radius 1 is 1.12 bits per heavy atom. The van der Waals surface area contributed by atoms with Gasteiger partial charge in [-0.1, -0.05) is 45.0 Å². The van der Waals surface area contributed by atoms with Gasteiger partial charge in [-0.15, -0.1) is 0 Å². The zero-order valence-electron chi connectivity index (χ0n) is 24.4. The van der Waals surface area contributed by atoms with Gasteiger partial charge in [0.1, 0.15) is 24.3 Å². The molecule has 3 rings (SSSR count). The second kappa shape index (κ2) is 13.3. The summed E-state index contributed by atoms with van der Waals surface area (Å²) in [7, 11) is 3.45. The van der Waals surface area contributed by atoms with Gasteiger partial charge in [-0.25, -0.2) is 4.98 Å². The number of methoxy groups -OCH3 is 1.